The number of anilines is 1. The first kappa shape index (κ1) is 10.6. The summed E-state index contributed by atoms with van der Waals surface area (Å²) in [6.07, 6.45) is 3.04. The van der Waals surface area contributed by atoms with E-state index in [1.54, 1.807) is 4.90 Å². The number of hydrogen-bond acceptors (Lipinski definition) is 3. The van der Waals surface area contributed by atoms with Crippen molar-refractivity contribution in [3.8, 4) is 0 Å². The molecule has 3 rings (SSSR count). The van der Waals surface area contributed by atoms with E-state index in [2.05, 4.69) is 12.1 Å². The molecule has 4 nitrogen and oxygen atoms in total. The Morgan fingerprint density at radius 3 is 2.94 bits per heavy atom. The molecule has 1 atom stereocenters. The molecule has 90 valence electrons. The first-order valence-corrected chi connectivity index (χ1v) is 6.08. The molecule has 4 heteroatoms. The van der Waals surface area contributed by atoms with Gasteiger partial charge in [-0.2, -0.15) is 0 Å². The Morgan fingerprint density at radius 2 is 2.18 bits per heavy atom. The van der Waals surface area contributed by atoms with Gasteiger partial charge in [0.1, 0.15) is 6.10 Å². The summed E-state index contributed by atoms with van der Waals surface area (Å²) >= 11 is 0. The number of aryl methyl sites for hydroxylation is 2. The quantitative estimate of drug-likeness (QED) is 0.839. The molecule has 1 fully saturated rings. The summed E-state index contributed by atoms with van der Waals surface area (Å²) < 4.78 is 5.16. The number of amides is 1. The summed E-state index contributed by atoms with van der Waals surface area (Å²) in [5, 5.41) is 0. The van der Waals surface area contributed by atoms with Crippen LogP contribution in [0, 0.1) is 0 Å². The van der Waals surface area contributed by atoms with Gasteiger partial charge in [-0.05, 0) is 42.5 Å². The van der Waals surface area contributed by atoms with Crippen LogP contribution < -0.4 is 10.6 Å². The summed E-state index contributed by atoms with van der Waals surface area (Å²) in [5.74, 6) is 0. The molecule has 0 bridgehead atoms. The van der Waals surface area contributed by atoms with Crippen LogP contribution in [-0.2, 0) is 17.6 Å². The van der Waals surface area contributed by atoms with Crippen LogP contribution >= 0.6 is 0 Å². The van der Waals surface area contributed by atoms with E-state index in [0.717, 1.165) is 18.5 Å². The van der Waals surface area contributed by atoms with Crippen LogP contribution in [-0.4, -0.2) is 25.3 Å². The molecular formula is C13H16N2O2. The lowest BCUT2D eigenvalue weighted by Gasteiger charge is -2.14. The number of rotatable bonds is 2. The second-order valence-corrected chi connectivity index (χ2v) is 4.66. The summed E-state index contributed by atoms with van der Waals surface area (Å²) in [5.41, 5.74) is 9.24. The number of benzene rings is 1. The van der Waals surface area contributed by atoms with E-state index in [4.69, 9.17) is 10.5 Å². The summed E-state index contributed by atoms with van der Waals surface area (Å²) in [7, 11) is 0. The molecule has 1 aliphatic carbocycles. The lowest BCUT2D eigenvalue weighted by Crippen LogP contribution is -2.27. The molecule has 0 saturated carbocycles. The van der Waals surface area contributed by atoms with Gasteiger partial charge in [-0.15, -0.1) is 0 Å². The fraction of sp³-hybridized carbons (Fsp3) is 0.462. The fourth-order valence-electron chi connectivity index (χ4n) is 2.58. The zero-order valence-electron chi connectivity index (χ0n) is 9.69. The number of carbonyl (C=O) groups is 1. The average Bonchev–Trinajstić information content (AvgIpc) is 2.93. The summed E-state index contributed by atoms with van der Waals surface area (Å²) in [6.45, 7) is 0.946. The highest BCUT2D eigenvalue weighted by Crippen LogP contribution is 2.28. The maximum atomic E-state index is 11.7. The number of ether oxygens (including phenoxy) is 1. The van der Waals surface area contributed by atoms with E-state index >= 15 is 0 Å². The Morgan fingerprint density at radius 1 is 1.35 bits per heavy atom. The van der Waals surface area contributed by atoms with Crippen molar-refractivity contribution in [3.63, 3.8) is 0 Å². The highest BCUT2D eigenvalue weighted by Gasteiger charge is 2.31. The van der Waals surface area contributed by atoms with Crippen molar-refractivity contribution >= 4 is 11.8 Å². The van der Waals surface area contributed by atoms with E-state index in [0.29, 0.717) is 13.1 Å². The highest BCUT2D eigenvalue weighted by atomic mass is 16.6. The zero-order chi connectivity index (χ0) is 11.8. The van der Waals surface area contributed by atoms with E-state index < -0.39 is 0 Å². The van der Waals surface area contributed by atoms with Gasteiger partial charge in [0, 0.05) is 12.2 Å². The number of nitrogens with two attached hydrogens (primary N) is 1. The predicted molar refractivity (Wildman–Crippen MR) is 65.1 cm³/mol. The maximum absolute atomic E-state index is 11.7. The number of cyclic esters (lactones) is 1. The van der Waals surface area contributed by atoms with E-state index in [1.807, 2.05) is 6.07 Å². The average molecular weight is 232 g/mol. The Bertz CT molecular complexity index is 459. The Balaban J connectivity index is 1.87. The molecule has 2 aliphatic rings. The lowest BCUT2D eigenvalue weighted by atomic mass is 10.1. The molecule has 1 saturated heterocycles. The van der Waals surface area contributed by atoms with E-state index in [1.165, 1.54) is 17.5 Å². The molecule has 17 heavy (non-hydrogen) atoms. The molecular weight excluding hydrogens is 216 g/mol. The minimum Gasteiger partial charge on any atom is -0.443 e. The van der Waals surface area contributed by atoms with Crippen LogP contribution in [0.25, 0.3) is 0 Å². The molecule has 1 unspecified atom stereocenters. The third kappa shape index (κ3) is 1.78. The van der Waals surface area contributed by atoms with Gasteiger partial charge in [0.15, 0.2) is 0 Å². The van der Waals surface area contributed by atoms with Gasteiger partial charge in [0.2, 0.25) is 0 Å². The zero-order valence-corrected chi connectivity index (χ0v) is 9.69. The lowest BCUT2D eigenvalue weighted by molar-refractivity contribution is 0.145. The predicted octanol–water partition coefficient (Wildman–Crippen LogP) is 1.46. The Labute approximate surface area is 100 Å². The molecule has 1 heterocycles. The van der Waals surface area contributed by atoms with Crippen LogP contribution in [0.5, 0.6) is 0 Å². The second-order valence-electron chi connectivity index (χ2n) is 4.66. The summed E-state index contributed by atoms with van der Waals surface area (Å²) in [4.78, 5) is 13.4. The normalized spacial score (nSPS) is 22.8. The van der Waals surface area contributed by atoms with Crippen molar-refractivity contribution in [2.24, 2.45) is 5.73 Å². The largest absolute Gasteiger partial charge is 0.443 e. The summed E-state index contributed by atoms with van der Waals surface area (Å²) in [6, 6.07) is 6.24. The van der Waals surface area contributed by atoms with Gasteiger partial charge in [-0.25, -0.2) is 4.79 Å². The monoisotopic (exact) mass is 232 g/mol. The molecule has 1 aliphatic heterocycles. The van der Waals surface area contributed by atoms with Crippen LogP contribution in [0.4, 0.5) is 10.5 Å². The van der Waals surface area contributed by atoms with Gasteiger partial charge in [-0.3, -0.25) is 4.90 Å². The molecule has 0 aromatic heterocycles. The fourth-order valence-corrected chi connectivity index (χ4v) is 2.58. The van der Waals surface area contributed by atoms with Crippen molar-refractivity contribution in [1.82, 2.24) is 0 Å². The standard InChI is InChI=1S/C13H16N2O2/c14-7-12-8-15(13(16)17-12)11-5-4-9-2-1-3-10(9)6-11/h4-6,12H,1-3,7-8,14H2. The van der Waals surface area contributed by atoms with Gasteiger partial charge in [0.05, 0.1) is 6.54 Å². The smallest absolute Gasteiger partial charge is 0.414 e. The first-order valence-electron chi connectivity index (χ1n) is 6.08. The van der Waals surface area contributed by atoms with Gasteiger partial charge < -0.3 is 10.5 Å². The van der Waals surface area contributed by atoms with Crippen molar-refractivity contribution in [3.05, 3.63) is 29.3 Å². The van der Waals surface area contributed by atoms with Crippen molar-refractivity contribution in [2.75, 3.05) is 18.0 Å². The maximum Gasteiger partial charge on any atom is 0.414 e. The van der Waals surface area contributed by atoms with E-state index in [-0.39, 0.29) is 12.2 Å². The molecule has 1 amide bonds. The number of carbonyl (C=O) groups excluding carboxylic acids is 1. The molecule has 2 N–H and O–H groups in total. The Kier molecular flexibility index (Phi) is 2.52. The van der Waals surface area contributed by atoms with Gasteiger partial charge in [0.25, 0.3) is 0 Å². The van der Waals surface area contributed by atoms with Crippen LogP contribution in [0.1, 0.15) is 17.5 Å². The van der Waals surface area contributed by atoms with Crippen LogP contribution in [0.3, 0.4) is 0 Å². The SMILES string of the molecule is NCC1CN(c2ccc3c(c2)CCC3)C(=O)O1. The van der Waals surface area contributed by atoms with Crippen molar-refractivity contribution in [2.45, 2.75) is 25.4 Å². The number of nitrogens with zero attached hydrogens (tertiary/aromatic N) is 1. The van der Waals surface area contributed by atoms with Crippen LogP contribution in [0.15, 0.2) is 18.2 Å². The minimum absolute atomic E-state index is 0.171. The Hall–Kier alpha value is -1.55. The third-order valence-corrected chi connectivity index (χ3v) is 3.53. The third-order valence-electron chi connectivity index (χ3n) is 3.53. The topological polar surface area (TPSA) is 55.6 Å². The highest BCUT2D eigenvalue weighted by molar-refractivity contribution is 5.90. The first-order chi connectivity index (χ1) is 8.28. The van der Waals surface area contributed by atoms with Gasteiger partial charge in [-0.1, -0.05) is 6.07 Å². The molecule has 0 spiro atoms. The van der Waals surface area contributed by atoms with Crippen LogP contribution in [0.2, 0.25) is 0 Å². The van der Waals surface area contributed by atoms with E-state index in [9.17, 15) is 4.79 Å². The van der Waals surface area contributed by atoms with Crippen molar-refractivity contribution < 1.29 is 9.53 Å². The minimum atomic E-state index is -0.279. The number of hydrogen-bond donors (Lipinski definition) is 1. The molecule has 1 aromatic carbocycles. The van der Waals surface area contributed by atoms with Crippen molar-refractivity contribution in [1.29, 1.82) is 0 Å². The second kappa shape index (κ2) is 4.04. The molecule has 0 radical (unpaired) electrons. The van der Waals surface area contributed by atoms with Gasteiger partial charge >= 0.3 is 6.09 Å². The number of fused-ring (bicyclic) bond motifs is 1. The molecule has 1 aromatic rings.